The first-order valence-corrected chi connectivity index (χ1v) is 6.18. The molecule has 0 spiro atoms. The zero-order valence-corrected chi connectivity index (χ0v) is 11.1. The lowest BCUT2D eigenvalue weighted by molar-refractivity contribution is 0.102. The van der Waals surface area contributed by atoms with Gasteiger partial charge in [0.25, 0.3) is 5.91 Å². The van der Waals surface area contributed by atoms with E-state index in [1.54, 1.807) is 24.5 Å². The van der Waals surface area contributed by atoms with Crippen molar-refractivity contribution in [2.45, 2.75) is 13.8 Å². The first-order chi connectivity index (χ1) is 9.63. The highest BCUT2D eigenvalue weighted by atomic mass is 16.1. The summed E-state index contributed by atoms with van der Waals surface area (Å²) in [6.45, 7) is 3.79. The lowest BCUT2D eigenvalue weighted by Gasteiger charge is -2.05. The fraction of sp³-hybridized carbons (Fsp3) is 0.143. The first kappa shape index (κ1) is 12.3. The summed E-state index contributed by atoms with van der Waals surface area (Å²) in [5, 5.41) is 10.6. The van der Waals surface area contributed by atoms with Crippen LogP contribution in [-0.2, 0) is 0 Å². The van der Waals surface area contributed by atoms with Gasteiger partial charge >= 0.3 is 0 Å². The molecule has 0 saturated heterocycles. The highest BCUT2D eigenvalue weighted by Gasteiger charge is 2.09. The van der Waals surface area contributed by atoms with E-state index < -0.39 is 0 Å². The first-order valence-electron chi connectivity index (χ1n) is 6.18. The smallest absolute Gasteiger partial charge is 0.257 e. The molecular weight excluding hydrogens is 254 g/mol. The van der Waals surface area contributed by atoms with E-state index in [-0.39, 0.29) is 5.91 Å². The Morgan fingerprint density at radius 3 is 2.80 bits per heavy atom. The number of nitrogens with one attached hydrogen (secondary N) is 2. The van der Waals surface area contributed by atoms with Gasteiger partial charge in [-0.3, -0.25) is 14.9 Å². The van der Waals surface area contributed by atoms with Crippen molar-refractivity contribution in [1.82, 2.24) is 20.2 Å². The summed E-state index contributed by atoms with van der Waals surface area (Å²) >= 11 is 0. The molecule has 0 aliphatic rings. The van der Waals surface area contributed by atoms with E-state index in [0.29, 0.717) is 16.9 Å². The molecule has 20 heavy (non-hydrogen) atoms. The van der Waals surface area contributed by atoms with Crippen LogP contribution in [0.2, 0.25) is 0 Å². The Morgan fingerprint density at radius 2 is 2.05 bits per heavy atom. The topological polar surface area (TPSA) is 83.6 Å². The highest BCUT2D eigenvalue weighted by Crippen LogP contribution is 2.18. The molecule has 0 saturated carbocycles. The molecule has 3 heterocycles. The number of aromatic nitrogens is 4. The summed E-state index contributed by atoms with van der Waals surface area (Å²) in [7, 11) is 0. The number of amides is 1. The molecule has 0 aliphatic heterocycles. The molecule has 0 bridgehead atoms. The maximum atomic E-state index is 12.1. The molecular formula is C14H13N5O. The van der Waals surface area contributed by atoms with E-state index in [0.717, 1.165) is 16.8 Å². The molecule has 0 fully saturated rings. The van der Waals surface area contributed by atoms with Crippen LogP contribution in [0, 0.1) is 13.8 Å². The largest absolute Gasteiger partial charge is 0.321 e. The van der Waals surface area contributed by atoms with Gasteiger partial charge in [-0.05, 0) is 32.0 Å². The molecule has 6 nitrogen and oxygen atoms in total. The van der Waals surface area contributed by atoms with Crippen molar-refractivity contribution in [2.24, 2.45) is 0 Å². The van der Waals surface area contributed by atoms with Crippen molar-refractivity contribution in [1.29, 1.82) is 0 Å². The average molecular weight is 267 g/mol. The number of aromatic amines is 1. The Hall–Kier alpha value is -2.76. The molecule has 0 aliphatic carbocycles. The Bertz CT molecular complexity index is 776. The molecule has 3 aromatic rings. The number of anilines is 1. The second-order valence-electron chi connectivity index (χ2n) is 4.59. The van der Waals surface area contributed by atoms with Crippen molar-refractivity contribution >= 4 is 22.6 Å². The Balaban J connectivity index is 1.86. The van der Waals surface area contributed by atoms with E-state index in [1.807, 2.05) is 19.9 Å². The van der Waals surface area contributed by atoms with Crippen LogP contribution in [-0.4, -0.2) is 26.1 Å². The van der Waals surface area contributed by atoms with Gasteiger partial charge in [-0.25, -0.2) is 4.98 Å². The molecule has 100 valence electrons. The van der Waals surface area contributed by atoms with Gasteiger partial charge < -0.3 is 5.32 Å². The minimum absolute atomic E-state index is 0.209. The maximum Gasteiger partial charge on any atom is 0.257 e. The molecule has 3 rings (SSSR count). The summed E-state index contributed by atoms with van der Waals surface area (Å²) in [6, 6.07) is 5.39. The summed E-state index contributed by atoms with van der Waals surface area (Å²) in [5.74, 6) is -0.209. The third kappa shape index (κ3) is 2.23. The lowest BCUT2D eigenvalue weighted by atomic mass is 10.2. The van der Waals surface area contributed by atoms with E-state index >= 15 is 0 Å². The summed E-state index contributed by atoms with van der Waals surface area (Å²) in [6.07, 6.45) is 3.14. The Labute approximate surface area is 115 Å². The average Bonchev–Trinajstić information content (AvgIpc) is 2.81. The third-order valence-corrected chi connectivity index (χ3v) is 3.03. The minimum atomic E-state index is -0.209. The normalized spacial score (nSPS) is 10.7. The van der Waals surface area contributed by atoms with E-state index in [4.69, 9.17) is 0 Å². The molecule has 3 aromatic heterocycles. The zero-order chi connectivity index (χ0) is 14.1. The third-order valence-electron chi connectivity index (χ3n) is 3.03. The number of H-pyrrole nitrogens is 1. The quantitative estimate of drug-likeness (QED) is 0.745. The number of hydrogen-bond acceptors (Lipinski definition) is 4. The second-order valence-corrected chi connectivity index (χ2v) is 4.59. The predicted octanol–water partition coefficient (Wildman–Crippen LogP) is 2.22. The van der Waals surface area contributed by atoms with E-state index in [2.05, 4.69) is 25.5 Å². The van der Waals surface area contributed by atoms with Gasteiger partial charge in [0, 0.05) is 23.0 Å². The van der Waals surface area contributed by atoms with Crippen molar-refractivity contribution in [3.05, 3.63) is 47.5 Å². The van der Waals surface area contributed by atoms with Crippen LogP contribution in [0.4, 0.5) is 5.69 Å². The number of pyridine rings is 2. The molecule has 0 atom stereocenters. The van der Waals surface area contributed by atoms with Gasteiger partial charge in [-0.2, -0.15) is 5.10 Å². The molecule has 0 aromatic carbocycles. The number of carbonyl (C=O) groups excluding carboxylic acids is 1. The van der Waals surface area contributed by atoms with Crippen molar-refractivity contribution in [2.75, 3.05) is 5.32 Å². The number of nitrogens with zero attached hydrogens (tertiary/aromatic N) is 3. The number of rotatable bonds is 2. The van der Waals surface area contributed by atoms with Crippen molar-refractivity contribution < 1.29 is 4.79 Å². The maximum absolute atomic E-state index is 12.1. The molecule has 6 heteroatoms. The monoisotopic (exact) mass is 267 g/mol. The zero-order valence-electron chi connectivity index (χ0n) is 11.1. The number of aryl methyl sites for hydroxylation is 2. The Morgan fingerprint density at radius 1 is 1.20 bits per heavy atom. The van der Waals surface area contributed by atoms with Crippen LogP contribution < -0.4 is 5.32 Å². The molecule has 1 amide bonds. The molecule has 0 unspecified atom stereocenters. The fourth-order valence-corrected chi connectivity index (χ4v) is 1.89. The number of fused-ring (bicyclic) bond motifs is 1. The summed E-state index contributed by atoms with van der Waals surface area (Å²) < 4.78 is 0. The van der Waals surface area contributed by atoms with Crippen LogP contribution in [0.25, 0.3) is 11.0 Å². The van der Waals surface area contributed by atoms with E-state index in [1.165, 1.54) is 0 Å². The van der Waals surface area contributed by atoms with Gasteiger partial charge in [0.15, 0.2) is 5.65 Å². The van der Waals surface area contributed by atoms with Gasteiger partial charge in [0.2, 0.25) is 0 Å². The SMILES string of the molecule is Cc1ccc(C(=O)Nc2cnc3n[nH]c(C)c3c2)cn1. The fourth-order valence-electron chi connectivity index (χ4n) is 1.89. The second kappa shape index (κ2) is 4.73. The summed E-state index contributed by atoms with van der Waals surface area (Å²) in [5.41, 5.74) is 3.57. The van der Waals surface area contributed by atoms with Crippen LogP contribution >= 0.6 is 0 Å². The highest BCUT2D eigenvalue weighted by molar-refractivity contribution is 6.04. The molecule has 2 N–H and O–H groups in total. The van der Waals surface area contributed by atoms with Gasteiger partial charge in [-0.15, -0.1) is 0 Å². The van der Waals surface area contributed by atoms with Gasteiger partial charge in [0.05, 0.1) is 17.4 Å². The molecule has 0 radical (unpaired) electrons. The standard InChI is InChI=1S/C14H13N5O/c1-8-3-4-10(6-15-8)14(20)17-11-5-12-9(2)18-19-13(12)16-7-11/h3-7H,1-2H3,(H,17,20)(H,16,18,19). The van der Waals surface area contributed by atoms with Gasteiger partial charge in [-0.1, -0.05) is 0 Å². The number of carbonyl (C=O) groups is 1. The van der Waals surface area contributed by atoms with Crippen molar-refractivity contribution in [3.63, 3.8) is 0 Å². The minimum Gasteiger partial charge on any atom is -0.321 e. The van der Waals surface area contributed by atoms with Gasteiger partial charge in [0.1, 0.15) is 0 Å². The Kier molecular flexibility index (Phi) is 2.90. The van der Waals surface area contributed by atoms with Crippen LogP contribution in [0.15, 0.2) is 30.6 Å². The lowest BCUT2D eigenvalue weighted by Crippen LogP contribution is -2.12. The predicted molar refractivity (Wildman–Crippen MR) is 75.6 cm³/mol. The van der Waals surface area contributed by atoms with Crippen LogP contribution in [0.5, 0.6) is 0 Å². The number of hydrogen-bond donors (Lipinski definition) is 2. The summed E-state index contributed by atoms with van der Waals surface area (Å²) in [4.78, 5) is 20.4. The van der Waals surface area contributed by atoms with E-state index in [9.17, 15) is 4.79 Å². The van der Waals surface area contributed by atoms with Crippen LogP contribution in [0.1, 0.15) is 21.7 Å². The van der Waals surface area contributed by atoms with Crippen molar-refractivity contribution in [3.8, 4) is 0 Å². The van der Waals surface area contributed by atoms with Crippen LogP contribution in [0.3, 0.4) is 0 Å².